The van der Waals surface area contributed by atoms with E-state index in [2.05, 4.69) is 15.7 Å². The van der Waals surface area contributed by atoms with Gasteiger partial charge in [0, 0.05) is 6.20 Å². The highest BCUT2D eigenvalue weighted by Gasteiger charge is 2.19. The van der Waals surface area contributed by atoms with Crippen molar-refractivity contribution in [3.05, 3.63) is 66.2 Å². The first-order valence-electron chi connectivity index (χ1n) is 9.45. The number of hydrogen-bond acceptors (Lipinski definition) is 5. The maximum Gasteiger partial charge on any atom is 0.412 e. The molecule has 0 bridgehead atoms. The number of aromatic nitrogens is 2. The van der Waals surface area contributed by atoms with Crippen LogP contribution in [-0.4, -0.2) is 34.5 Å². The standard InChI is InChI=1S/C22H23FN4O4/c1-22(2,3)31-21(29)25-17-10-5-14(23)13-19(17)24-20(28)18-11-12-27(26-18)15-6-8-16(30-4)9-7-15/h5-13H,1-4H3,(H,24,28)(H,25,29). The molecule has 9 heteroatoms. The van der Waals surface area contributed by atoms with E-state index in [4.69, 9.17) is 9.47 Å². The molecule has 1 heterocycles. The molecule has 0 unspecified atom stereocenters. The second-order valence-electron chi connectivity index (χ2n) is 7.61. The highest BCUT2D eigenvalue weighted by molar-refractivity contribution is 6.05. The number of carbonyl (C=O) groups excluding carboxylic acids is 2. The summed E-state index contributed by atoms with van der Waals surface area (Å²) >= 11 is 0. The van der Waals surface area contributed by atoms with E-state index in [1.54, 1.807) is 58.3 Å². The van der Waals surface area contributed by atoms with Gasteiger partial charge in [0.2, 0.25) is 0 Å². The summed E-state index contributed by atoms with van der Waals surface area (Å²) in [6.45, 7) is 5.16. The van der Waals surface area contributed by atoms with Crippen LogP contribution in [-0.2, 0) is 4.74 Å². The van der Waals surface area contributed by atoms with Crippen molar-refractivity contribution >= 4 is 23.4 Å². The average molecular weight is 426 g/mol. The smallest absolute Gasteiger partial charge is 0.412 e. The molecule has 0 aliphatic heterocycles. The maximum absolute atomic E-state index is 13.8. The summed E-state index contributed by atoms with van der Waals surface area (Å²) in [7, 11) is 1.57. The first kappa shape index (κ1) is 21.8. The van der Waals surface area contributed by atoms with Gasteiger partial charge in [0.25, 0.3) is 5.91 Å². The van der Waals surface area contributed by atoms with Crippen LogP contribution in [0.15, 0.2) is 54.7 Å². The van der Waals surface area contributed by atoms with Crippen LogP contribution in [0.4, 0.5) is 20.6 Å². The Morgan fingerprint density at radius 3 is 2.35 bits per heavy atom. The molecule has 1 aromatic heterocycles. The SMILES string of the molecule is COc1ccc(-n2ccc(C(=O)Nc3cc(F)ccc3NC(=O)OC(C)(C)C)n2)cc1. The number of methoxy groups -OCH3 is 1. The van der Waals surface area contributed by atoms with Crippen molar-refractivity contribution in [3.8, 4) is 11.4 Å². The molecular formula is C22H23FN4O4. The first-order valence-corrected chi connectivity index (χ1v) is 9.45. The number of rotatable bonds is 5. The highest BCUT2D eigenvalue weighted by Crippen LogP contribution is 2.24. The Morgan fingerprint density at radius 2 is 1.71 bits per heavy atom. The lowest BCUT2D eigenvalue weighted by molar-refractivity contribution is 0.0635. The van der Waals surface area contributed by atoms with Crippen LogP contribution in [0.25, 0.3) is 5.69 Å². The van der Waals surface area contributed by atoms with E-state index in [0.717, 1.165) is 11.8 Å². The van der Waals surface area contributed by atoms with E-state index in [0.29, 0.717) is 5.75 Å². The Hall–Kier alpha value is -3.88. The van der Waals surface area contributed by atoms with Gasteiger partial charge in [-0.05, 0) is 69.3 Å². The predicted molar refractivity (Wildman–Crippen MR) is 114 cm³/mol. The van der Waals surface area contributed by atoms with Gasteiger partial charge < -0.3 is 14.8 Å². The summed E-state index contributed by atoms with van der Waals surface area (Å²) in [4.78, 5) is 24.7. The Kier molecular flexibility index (Phi) is 6.24. The lowest BCUT2D eigenvalue weighted by Gasteiger charge is -2.20. The fraction of sp³-hybridized carbons (Fsp3) is 0.227. The molecule has 0 saturated heterocycles. The predicted octanol–water partition coefficient (Wildman–Crippen LogP) is 4.62. The number of benzene rings is 2. The minimum Gasteiger partial charge on any atom is -0.497 e. The number of carbonyl (C=O) groups is 2. The molecule has 0 aliphatic carbocycles. The Bertz CT molecular complexity index is 1090. The molecule has 2 aromatic carbocycles. The van der Waals surface area contributed by atoms with Gasteiger partial charge in [-0.1, -0.05) is 0 Å². The fourth-order valence-corrected chi connectivity index (χ4v) is 2.65. The van der Waals surface area contributed by atoms with Crippen LogP contribution in [0.2, 0.25) is 0 Å². The largest absolute Gasteiger partial charge is 0.497 e. The zero-order chi connectivity index (χ0) is 22.6. The van der Waals surface area contributed by atoms with Crippen molar-refractivity contribution < 1.29 is 23.5 Å². The quantitative estimate of drug-likeness (QED) is 0.621. The average Bonchev–Trinajstić information content (AvgIpc) is 3.19. The number of hydrogen-bond donors (Lipinski definition) is 2. The lowest BCUT2D eigenvalue weighted by atomic mass is 10.2. The van der Waals surface area contributed by atoms with Crippen LogP contribution < -0.4 is 15.4 Å². The van der Waals surface area contributed by atoms with Gasteiger partial charge in [-0.25, -0.2) is 13.9 Å². The zero-order valence-electron chi connectivity index (χ0n) is 17.6. The molecule has 0 aliphatic rings. The number of anilines is 2. The molecule has 0 saturated carbocycles. The van der Waals surface area contributed by atoms with Gasteiger partial charge in [-0.3, -0.25) is 10.1 Å². The molecule has 0 fully saturated rings. The van der Waals surface area contributed by atoms with E-state index in [1.807, 2.05) is 0 Å². The molecule has 162 valence electrons. The molecule has 0 spiro atoms. The monoisotopic (exact) mass is 426 g/mol. The lowest BCUT2D eigenvalue weighted by Crippen LogP contribution is -2.27. The molecule has 2 amide bonds. The summed E-state index contributed by atoms with van der Waals surface area (Å²) in [5.41, 5.74) is 0.413. The van der Waals surface area contributed by atoms with Crippen molar-refractivity contribution in [1.82, 2.24) is 9.78 Å². The normalized spacial score (nSPS) is 11.0. The third-order valence-electron chi connectivity index (χ3n) is 4.02. The number of amides is 2. The molecule has 31 heavy (non-hydrogen) atoms. The Morgan fingerprint density at radius 1 is 1.00 bits per heavy atom. The van der Waals surface area contributed by atoms with Crippen molar-refractivity contribution in [2.45, 2.75) is 26.4 Å². The number of nitrogens with zero attached hydrogens (tertiary/aromatic N) is 2. The van der Waals surface area contributed by atoms with Crippen LogP contribution in [0.5, 0.6) is 5.75 Å². The second-order valence-corrected chi connectivity index (χ2v) is 7.61. The Labute approximate surface area is 179 Å². The van der Waals surface area contributed by atoms with E-state index in [1.165, 1.54) is 22.9 Å². The van der Waals surface area contributed by atoms with Gasteiger partial charge in [-0.15, -0.1) is 0 Å². The topological polar surface area (TPSA) is 94.5 Å². The van der Waals surface area contributed by atoms with E-state index in [9.17, 15) is 14.0 Å². The molecule has 3 rings (SSSR count). The molecular weight excluding hydrogens is 403 g/mol. The van der Waals surface area contributed by atoms with Gasteiger partial charge in [0.05, 0.1) is 24.2 Å². The number of halogens is 1. The van der Waals surface area contributed by atoms with Crippen molar-refractivity contribution in [2.24, 2.45) is 0 Å². The van der Waals surface area contributed by atoms with Gasteiger partial charge in [0.15, 0.2) is 5.69 Å². The zero-order valence-corrected chi connectivity index (χ0v) is 17.6. The maximum atomic E-state index is 13.8. The van der Waals surface area contributed by atoms with Crippen LogP contribution in [0.3, 0.4) is 0 Å². The van der Waals surface area contributed by atoms with Crippen molar-refractivity contribution in [2.75, 3.05) is 17.7 Å². The van der Waals surface area contributed by atoms with Gasteiger partial charge in [-0.2, -0.15) is 5.10 Å². The van der Waals surface area contributed by atoms with Gasteiger partial charge in [0.1, 0.15) is 17.2 Å². The summed E-state index contributed by atoms with van der Waals surface area (Å²) < 4.78 is 25.6. The molecule has 8 nitrogen and oxygen atoms in total. The Balaban J connectivity index is 1.76. The second kappa shape index (κ2) is 8.86. The molecule has 0 atom stereocenters. The van der Waals surface area contributed by atoms with E-state index in [-0.39, 0.29) is 17.1 Å². The highest BCUT2D eigenvalue weighted by atomic mass is 19.1. The molecule has 3 aromatic rings. The van der Waals surface area contributed by atoms with E-state index < -0.39 is 23.4 Å². The molecule has 0 radical (unpaired) electrons. The van der Waals surface area contributed by atoms with Crippen molar-refractivity contribution in [1.29, 1.82) is 0 Å². The van der Waals surface area contributed by atoms with Gasteiger partial charge >= 0.3 is 6.09 Å². The number of ether oxygens (including phenoxy) is 2. The van der Waals surface area contributed by atoms with Crippen LogP contribution >= 0.6 is 0 Å². The van der Waals surface area contributed by atoms with Crippen LogP contribution in [0, 0.1) is 5.82 Å². The van der Waals surface area contributed by atoms with E-state index >= 15 is 0 Å². The summed E-state index contributed by atoms with van der Waals surface area (Å²) in [6, 6.07) is 12.3. The van der Waals surface area contributed by atoms with Crippen LogP contribution in [0.1, 0.15) is 31.3 Å². The minimum absolute atomic E-state index is 0.0786. The summed E-state index contributed by atoms with van der Waals surface area (Å²) in [6.07, 6.45) is 0.903. The van der Waals surface area contributed by atoms with Crippen molar-refractivity contribution in [3.63, 3.8) is 0 Å². The first-order chi connectivity index (χ1) is 14.6. The third kappa shape index (κ3) is 5.81. The third-order valence-corrected chi connectivity index (χ3v) is 4.02. The molecule has 2 N–H and O–H groups in total. The summed E-state index contributed by atoms with van der Waals surface area (Å²) in [5, 5.41) is 9.34. The number of nitrogens with one attached hydrogen (secondary N) is 2. The summed E-state index contributed by atoms with van der Waals surface area (Å²) in [5.74, 6) is -0.441. The fourth-order valence-electron chi connectivity index (χ4n) is 2.65. The minimum atomic E-state index is -0.724.